The second-order valence-electron chi connectivity index (χ2n) is 4.49. The van der Waals surface area contributed by atoms with Gasteiger partial charge in [-0.1, -0.05) is 6.07 Å². The van der Waals surface area contributed by atoms with Crippen molar-refractivity contribution >= 4 is 5.69 Å². The number of hydrogen-bond donors (Lipinski definition) is 2. The van der Waals surface area contributed by atoms with Crippen LogP contribution in [0, 0.1) is 5.82 Å². The minimum absolute atomic E-state index is 0.172. The van der Waals surface area contributed by atoms with Crippen LogP contribution in [0.3, 0.4) is 0 Å². The zero-order valence-electron chi connectivity index (χ0n) is 9.67. The molecule has 2 nitrogen and oxygen atoms in total. The van der Waals surface area contributed by atoms with E-state index in [0.717, 1.165) is 18.5 Å². The highest BCUT2D eigenvalue weighted by Gasteiger charge is 2.19. The van der Waals surface area contributed by atoms with E-state index in [2.05, 4.69) is 10.6 Å². The number of rotatable bonds is 3. The molecule has 3 heteroatoms. The summed E-state index contributed by atoms with van der Waals surface area (Å²) in [5.41, 5.74) is 0.896. The van der Waals surface area contributed by atoms with E-state index in [9.17, 15) is 4.39 Å². The summed E-state index contributed by atoms with van der Waals surface area (Å²) in [4.78, 5) is 0. The summed E-state index contributed by atoms with van der Waals surface area (Å²) in [5.74, 6) is -0.172. The van der Waals surface area contributed by atoms with E-state index >= 15 is 0 Å². The van der Waals surface area contributed by atoms with Crippen molar-refractivity contribution in [1.29, 1.82) is 0 Å². The molecule has 0 spiro atoms. The summed E-state index contributed by atoms with van der Waals surface area (Å²) < 4.78 is 13.0. The average molecular weight is 222 g/mol. The van der Waals surface area contributed by atoms with Crippen LogP contribution in [-0.4, -0.2) is 19.1 Å². The Morgan fingerprint density at radius 1 is 1.12 bits per heavy atom. The van der Waals surface area contributed by atoms with Gasteiger partial charge in [-0.25, -0.2) is 4.39 Å². The summed E-state index contributed by atoms with van der Waals surface area (Å²) in [7, 11) is 2.02. The Bertz CT molecular complexity index is 332. The van der Waals surface area contributed by atoms with Crippen LogP contribution in [0.2, 0.25) is 0 Å². The van der Waals surface area contributed by atoms with E-state index < -0.39 is 0 Å². The van der Waals surface area contributed by atoms with Crippen LogP contribution >= 0.6 is 0 Å². The van der Waals surface area contributed by atoms with E-state index in [1.807, 2.05) is 13.1 Å². The van der Waals surface area contributed by atoms with E-state index in [4.69, 9.17) is 0 Å². The topological polar surface area (TPSA) is 24.1 Å². The fraction of sp³-hybridized carbons (Fsp3) is 0.538. The number of benzene rings is 1. The first kappa shape index (κ1) is 11.4. The maximum Gasteiger partial charge on any atom is 0.125 e. The van der Waals surface area contributed by atoms with Crippen molar-refractivity contribution in [2.75, 3.05) is 12.4 Å². The molecule has 16 heavy (non-hydrogen) atoms. The molecule has 0 radical (unpaired) electrons. The van der Waals surface area contributed by atoms with Crippen molar-refractivity contribution in [1.82, 2.24) is 5.32 Å². The molecule has 1 fully saturated rings. The molecule has 0 heterocycles. The molecule has 2 N–H and O–H groups in total. The minimum atomic E-state index is -0.172. The molecule has 0 atom stereocenters. The molecule has 0 unspecified atom stereocenters. The van der Waals surface area contributed by atoms with Crippen LogP contribution in [0.1, 0.15) is 25.7 Å². The Morgan fingerprint density at radius 3 is 2.44 bits per heavy atom. The number of hydrogen-bond acceptors (Lipinski definition) is 2. The van der Waals surface area contributed by atoms with Crippen molar-refractivity contribution in [3.05, 3.63) is 30.1 Å². The molecular weight excluding hydrogens is 203 g/mol. The summed E-state index contributed by atoms with van der Waals surface area (Å²) >= 11 is 0. The lowest BCUT2D eigenvalue weighted by Gasteiger charge is -2.29. The predicted octanol–water partition coefficient (Wildman–Crippen LogP) is 2.77. The lowest BCUT2D eigenvalue weighted by atomic mass is 9.91. The third-order valence-corrected chi connectivity index (χ3v) is 3.33. The predicted molar refractivity (Wildman–Crippen MR) is 65.1 cm³/mol. The first-order valence-corrected chi connectivity index (χ1v) is 5.97. The number of nitrogens with one attached hydrogen (secondary N) is 2. The van der Waals surface area contributed by atoms with Gasteiger partial charge in [0, 0.05) is 17.8 Å². The van der Waals surface area contributed by atoms with Crippen LogP contribution in [0.25, 0.3) is 0 Å². The third-order valence-electron chi connectivity index (χ3n) is 3.33. The number of halogens is 1. The van der Waals surface area contributed by atoms with Crippen LogP contribution in [0.5, 0.6) is 0 Å². The van der Waals surface area contributed by atoms with Gasteiger partial charge < -0.3 is 10.6 Å². The largest absolute Gasteiger partial charge is 0.382 e. The lowest BCUT2D eigenvalue weighted by molar-refractivity contribution is 0.371. The van der Waals surface area contributed by atoms with Crippen molar-refractivity contribution in [2.24, 2.45) is 0 Å². The molecule has 2 rings (SSSR count). The third kappa shape index (κ3) is 2.95. The van der Waals surface area contributed by atoms with Gasteiger partial charge in [0.05, 0.1) is 0 Å². The second-order valence-corrected chi connectivity index (χ2v) is 4.49. The Balaban J connectivity index is 1.87. The first-order valence-electron chi connectivity index (χ1n) is 5.97. The van der Waals surface area contributed by atoms with Gasteiger partial charge in [0.2, 0.25) is 0 Å². The molecule has 0 aliphatic heterocycles. The monoisotopic (exact) mass is 222 g/mol. The van der Waals surface area contributed by atoms with Crippen LogP contribution in [-0.2, 0) is 0 Å². The summed E-state index contributed by atoms with van der Waals surface area (Å²) in [6.07, 6.45) is 4.71. The van der Waals surface area contributed by atoms with E-state index in [1.165, 1.54) is 18.9 Å². The summed E-state index contributed by atoms with van der Waals surface area (Å²) in [5, 5.41) is 6.71. The standard InChI is InChI=1S/C13H19FN2/c1-15-11-5-7-12(8-6-11)16-13-4-2-3-10(14)9-13/h2-4,9,11-12,15-16H,5-8H2,1H3. The molecule has 88 valence electrons. The van der Waals surface area contributed by atoms with Gasteiger partial charge in [-0.2, -0.15) is 0 Å². The average Bonchev–Trinajstić information content (AvgIpc) is 2.30. The Morgan fingerprint density at radius 2 is 1.81 bits per heavy atom. The fourth-order valence-corrected chi connectivity index (χ4v) is 2.34. The van der Waals surface area contributed by atoms with Gasteiger partial charge in [-0.3, -0.25) is 0 Å². The van der Waals surface area contributed by atoms with E-state index in [0.29, 0.717) is 12.1 Å². The van der Waals surface area contributed by atoms with Gasteiger partial charge in [0.25, 0.3) is 0 Å². The highest BCUT2D eigenvalue weighted by atomic mass is 19.1. The quantitative estimate of drug-likeness (QED) is 0.821. The summed E-state index contributed by atoms with van der Waals surface area (Å²) in [6.45, 7) is 0. The van der Waals surface area contributed by atoms with Gasteiger partial charge in [0.15, 0.2) is 0 Å². The fourth-order valence-electron chi connectivity index (χ4n) is 2.34. The zero-order chi connectivity index (χ0) is 11.4. The van der Waals surface area contributed by atoms with Crippen molar-refractivity contribution in [3.8, 4) is 0 Å². The van der Waals surface area contributed by atoms with Gasteiger partial charge >= 0.3 is 0 Å². The molecule has 0 amide bonds. The maximum absolute atomic E-state index is 13.0. The van der Waals surface area contributed by atoms with Crippen LogP contribution < -0.4 is 10.6 Å². The van der Waals surface area contributed by atoms with Crippen molar-refractivity contribution < 1.29 is 4.39 Å². The summed E-state index contributed by atoms with van der Waals surface area (Å²) in [6, 6.07) is 7.86. The van der Waals surface area contributed by atoms with Gasteiger partial charge in [-0.05, 0) is 50.9 Å². The smallest absolute Gasteiger partial charge is 0.125 e. The lowest BCUT2D eigenvalue weighted by Crippen LogP contribution is -2.34. The molecule has 1 aliphatic rings. The number of anilines is 1. The minimum Gasteiger partial charge on any atom is -0.382 e. The second kappa shape index (κ2) is 5.30. The Hall–Kier alpha value is -1.09. The molecule has 1 aliphatic carbocycles. The van der Waals surface area contributed by atoms with E-state index in [1.54, 1.807) is 12.1 Å². The SMILES string of the molecule is CNC1CCC(Nc2cccc(F)c2)CC1. The highest BCUT2D eigenvalue weighted by Crippen LogP contribution is 2.22. The van der Waals surface area contributed by atoms with Gasteiger partial charge in [0.1, 0.15) is 5.82 Å². The van der Waals surface area contributed by atoms with Crippen molar-refractivity contribution in [3.63, 3.8) is 0 Å². The van der Waals surface area contributed by atoms with Crippen molar-refractivity contribution in [2.45, 2.75) is 37.8 Å². The molecular formula is C13H19FN2. The first-order chi connectivity index (χ1) is 7.78. The Kier molecular flexibility index (Phi) is 3.78. The van der Waals surface area contributed by atoms with E-state index in [-0.39, 0.29) is 5.82 Å². The van der Waals surface area contributed by atoms with Crippen LogP contribution in [0.4, 0.5) is 10.1 Å². The van der Waals surface area contributed by atoms with Gasteiger partial charge in [-0.15, -0.1) is 0 Å². The normalized spacial score (nSPS) is 25.4. The molecule has 0 bridgehead atoms. The highest BCUT2D eigenvalue weighted by molar-refractivity contribution is 5.44. The molecule has 0 saturated heterocycles. The molecule has 1 saturated carbocycles. The Labute approximate surface area is 96.2 Å². The molecule has 1 aromatic rings. The molecule has 0 aromatic heterocycles. The maximum atomic E-state index is 13.0. The zero-order valence-corrected chi connectivity index (χ0v) is 9.67. The van der Waals surface area contributed by atoms with Crippen LogP contribution in [0.15, 0.2) is 24.3 Å². The molecule has 1 aromatic carbocycles.